The second kappa shape index (κ2) is 4.69. The van der Waals surface area contributed by atoms with Crippen molar-refractivity contribution in [2.24, 2.45) is 5.92 Å². The summed E-state index contributed by atoms with van der Waals surface area (Å²) in [5.41, 5.74) is 3.51. The fourth-order valence-electron chi connectivity index (χ4n) is 4.12. The average Bonchev–Trinajstić information content (AvgIpc) is 2.97. The van der Waals surface area contributed by atoms with Crippen LogP contribution in [0.15, 0.2) is 53.2 Å². The first-order chi connectivity index (χ1) is 11.7. The summed E-state index contributed by atoms with van der Waals surface area (Å²) in [4.78, 5) is 18.8. The van der Waals surface area contributed by atoms with Gasteiger partial charge in [0.1, 0.15) is 5.58 Å². The number of pyridine rings is 1. The van der Waals surface area contributed by atoms with Crippen molar-refractivity contribution >= 4 is 16.9 Å². The molecule has 0 spiro atoms. The lowest BCUT2D eigenvalue weighted by Crippen LogP contribution is -2.32. The van der Waals surface area contributed by atoms with Gasteiger partial charge in [0, 0.05) is 36.3 Å². The summed E-state index contributed by atoms with van der Waals surface area (Å²) in [6, 6.07) is 12.4. The van der Waals surface area contributed by atoms with E-state index < -0.39 is 0 Å². The number of furan rings is 1. The minimum atomic E-state index is -0.00936. The molecule has 2 aromatic heterocycles. The van der Waals surface area contributed by atoms with Crippen molar-refractivity contribution in [1.82, 2.24) is 9.88 Å². The zero-order chi connectivity index (χ0) is 16.3. The molecular weight excluding hydrogens is 300 g/mol. The standard InChI is InChI=1S/C20H18N2O2/c1-13-2-4-15(5-3-13)20-9-16(20)11-22(12-20)19(23)18-8-14-10-21-7-6-17(14)24-18/h2-8,10,16H,9,11-12H2,1H3/t16-,20+/m0/s1. The van der Waals surface area contributed by atoms with Crippen molar-refractivity contribution in [1.29, 1.82) is 0 Å². The Morgan fingerprint density at radius 3 is 2.92 bits per heavy atom. The Bertz CT molecular complexity index is 911. The third-order valence-corrected chi connectivity index (χ3v) is 5.59. The van der Waals surface area contributed by atoms with E-state index >= 15 is 0 Å². The van der Waals surface area contributed by atoms with E-state index in [-0.39, 0.29) is 11.3 Å². The SMILES string of the molecule is Cc1ccc([C@]23C[C@H]2CN(C(=O)c2cc4cnccc4o2)C3)cc1. The average molecular weight is 318 g/mol. The Balaban J connectivity index is 1.41. The Morgan fingerprint density at radius 1 is 1.29 bits per heavy atom. The van der Waals surface area contributed by atoms with Gasteiger partial charge in [-0.3, -0.25) is 9.78 Å². The molecule has 0 radical (unpaired) electrons. The summed E-state index contributed by atoms with van der Waals surface area (Å²) in [5, 5.41) is 0.874. The molecule has 0 unspecified atom stereocenters. The number of carbonyl (C=O) groups is 1. The van der Waals surface area contributed by atoms with Crippen LogP contribution >= 0.6 is 0 Å². The van der Waals surface area contributed by atoms with Gasteiger partial charge in [0.25, 0.3) is 5.91 Å². The highest BCUT2D eigenvalue weighted by atomic mass is 16.3. The highest BCUT2D eigenvalue weighted by Crippen LogP contribution is 2.59. The van der Waals surface area contributed by atoms with Crippen LogP contribution in [-0.4, -0.2) is 28.9 Å². The van der Waals surface area contributed by atoms with Crippen LogP contribution in [0.2, 0.25) is 0 Å². The van der Waals surface area contributed by atoms with Crippen LogP contribution < -0.4 is 0 Å². The van der Waals surface area contributed by atoms with E-state index in [4.69, 9.17) is 4.42 Å². The van der Waals surface area contributed by atoms with Crippen molar-refractivity contribution in [2.45, 2.75) is 18.8 Å². The molecule has 0 N–H and O–H groups in total. The van der Waals surface area contributed by atoms with Crippen molar-refractivity contribution in [3.63, 3.8) is 0 Å². The minimum Gasteiger partial charge on any atom is -0.451 e. The molecule has 2 fully saturated rings. The van der Waals surface area contributed by atoms with Gasteiger partial charge < -0.3 is 9.32 Å². The van der Waals surface area contributed by atoms with E-state index in [1.54, 1.807) is 24.5 Å². The third-order valence-electron chi connectivity index (χ3n) is 5.59. The maximum atomic E-state index is 12.8. The summed E-state index contributed by atoms with van der Waals surface area (Å²) >= 11 is 0. The van der Waals surface area contributed by atoms with Crippen LogP contribution in [0.1, 0.15) is 28.1 Å². The Kier molecular flexibility index (Phi) is 2.70. The van der Waals surface area contributed by atoms with Crippen LogP contribution in [0.25, 0.3) is 11.0 Å². The first-order valence-corrected chi connectivity index (χ1v) is 8.36. The number of rotatable bonds is 2. The number of carbonyl (C=O) groups excluding carboxylic acids is 1. The van der Waals surface area contributed by atoms with E-state index in [2.05, 4.69) is 36.2 Å². The number of benzene rings is 1. The quantitative estimate of drug-likeness (QED) is 0.726. The zero-order valence-corrected chi connectivity index (χ0v) is 13.5. The number of aromatic nitrogens is 1. The molecule has 5 rings (SSSR count). The van der Waals surface area contributed by atoms with Crippen LogP contribution in [0.5, 0.6) is 0 Å². The van der Waals surface area contributed by atoms with E-state index in [0.717, 1.165) is 18.5 Å². The normalized spacial score (nSPS) is 25.0. The summed E-state index contributed by atoms with van der Waals surface area (Å²) < 4.78 is 5.72. The molecule has 4 heteroatoms. The topological polar surface area (TPSA) is 46.3 Å². The summed E-state index contributed by atoms with van der Waals surface area (Å²) in [6.45, 7) is 3.71. The Labute approximate surface area is 140 Å². The van der Waals surface area contributed by atoms with Gasteiger partial charge in [-0.25, -0.2) is 0 Å². The third kappa shape index (κ3) is 1.92. The van der Waals surface area contributed by atoms with Crippen molar-refractivity contribution in [3.8, 4) is 0 Å². The highest BCUT2D eigenvalue weighted by Gasteiger charge is 2.61. The molecule has 1 amide bonds. The van der Waals surface area contributed by atoms with Crippen LogP contribution in [0, 0.1) is 12.8 Å². The first-order valence-electron chi connectivity index (χ1n) is 8.36. The molecule has 1 aliphatic heterocycles. The molecular formula is C20H18N2O2. The molecule has 3 aromatic rings. The van der Waals surface area contributed by atoms with E-state index in [1.807, 2.05) is 4.90 Å². The lowest BCUT2D eigenvalue weighted by molar-refractivity contribution is 0.0743. The van der Waals surface area contributed by atoms with Crippen molar-refractivity contribution in [2.75, 3.05) is 13.1 Å². The maximum Gasteiger partial charge on any atom is 0.289 e. The predicted molar refractivity (Wildman–Crippen MR) is 90.9 cm³/mol. The highest BCUT2D eigenvalue weighted by molar-refractivity contribution is 5.96. The lowest BCUT2D eigenvalue weighted by Gasteiger charge is -2.20. The predicted octanol–water partition coefficient (Wildman–Crippen LogP) is 3.55. The number of hydrogen-bond acceptors (Lipinski definition) is 3. The molecule has 1 aromatic carbocycles. The molecule has 0 bridgehead atoms. The fraction of sp³-hybridized carbons (Fsp3) is 0.300. The molecule has 24 heavy (non-hydrogen) atoms. The van der Waals surface area contributed by atoms with Crippen molar-refractivity contribution < 1.29 is 9.21 Å². The number of fused-ring (bicyclic) bond motifs is 2. The summed E-state index contributed by atoms with van der Waals surface area (Å²) in [5.74, 6) is 0.985. The molecule has 1 saturated heterocycles. The van der Waals surface area contributed by atoms with Crippen LogP contribution in [0.4, 0.5) is 0 Å². The van der Waals surface area contributed by atoms with Gasteiger partial charge in [-0.15, -0.1) is 0 Å². The van der Waals surface area contributed by atoms with Gasteiger partial charge in [-0.2, -0.15) is 0 Å². The van der Waals surface area contributed by atoms with Gasteiger partial charge in [-0.05, 0) is 37.0 Å². The largest absolute Gasteiger partial charge is 0.451 e. The Hall–Kier alpha value is -2.62. The van der Waals surface area contributed by atoms with Crippen molar-refractivity contribution in [3.05, 3.63) is 65.7 Å². The van der Waals surface area contributed by atoms with Gasteiger partial charge in [0.2, 0.25) is 0 Å². The van der Waals surface area contributed by atoms with Crippen LogP contribution in [-0.2, 0) is 5.41 Å². The molecule has 4 nitrogen and oxygen atoms in total. The molecule has 2 aliphatic rings. The second-order valence-electron chi connectivity index (χ2n) is 7.13. The molecule has 120 valence electrons. The van der Waals surface area contributed by atoms with Crippen LogP contribution in [0.3, 0.4) is 0 Å². The monoisotopic (exact) mass is 318 g/mol. The smallest absolute Gasteiger partial charge is 0.289 e. The van der Waals surface area contributed by atoms with E-state index in [0.29, 0.717) is 17.3 Å². The number of amides is 1. The summed E-state index contributed by atoms with van der Waals surface area (Å²) in [7, 11) is 0. The first kappa shape index (κ1) is 13.8. The number of nitrogens with zero attached hydrogens (tertiary/aromatic N) is 2. The summed E-state index contributed by atoms with van der Waals surface area (Å²) in [6.07, 6.45) is 4.59. The lowest BCUT2D eigenvalue weighted by atomic mass is 9.94. The van der Waals surface area contributed by atoms with Gasteiger partial charge in [0.15, 0.2) is 5.76 Å². The number of hydrogen-bond donors (Lipinski definition) is 0. The zero-order valence-electron chi connectivity index (χ0n) is 13.5. The number of aryl methyl sites for hydroxylation is 1. The van der Waals surface area contributed by atoms with E-state index in [9.17, 15) is 4.79 Å². The number of piperidine rings is 1. The number of likely N-dealkylation sites (tertiary alicyclic amines) is 1. The molecule has 3 heterocycles. The fourth-order valence-corrected chi connectivity index (χ4v) is 4.12. The Morgan fingerprint density at radius 2 is 2.12 bits per heavy atom. The molecule has 1 aliphatic carbocycles. The molecule has 2 atom stereocenters. The van der Waals surface area contributed by atoms with Gasteiger partial charge in [-0.1, -0.05) is 29.8 Å². The second-order valence-corrected chi connectivity index (χ2v) is 7.13. The molecule has 1 saturated carbocycles. The van der Waals surface area contributed by atoms with Gasteiger partial charge in [0.05, 0.1) is 0 Å². The maximum absolute atomic E-state index is 12.8. The van der Waals surface area contributed by atoms with E-state index in [1.165, 1.54) is 17.5 Å². The minimum absolute atomic E-state index is 0.00936. The van der Waals surface area contributed by atoms with Gasteiger partial charge >= 0.3 is 0 Å².